The third-order valence-electron chi connectivity index (χ3n) is 8.71. The van der Waals surface area contributed by atoms with E-state index in [1.165, 1.54) is 6.42 Å². The van der Waals surface area contributed by atoms with Crippen LogP contribution in [0, 0.1) is 30.6 Å². The molecule has 8 atom stereocenters. The lowest BCUT2D eigenvalue weighted by molar-refractivity contribution is -0.141. The lowest BCUT2D eigenvalue weighted by atomic mass is 9.73. The molecule has 2 saturated heterocycles. The number of hydrogen-bond donors (Lipinski definition) is 2. The Balaban J connectivity index is 1.42. The molecule has 35 heavy (non-hydrogen) atoms. The summed E-state index contributed by atoms with van der Waals surface area (Å²) in [7, 11) is 0. The van der Waals surface area contributed by atoms with Gasteiger partial charge in [0.1, 0.15) is 11.6 Å². The summed E-state index contributed by atoms with van der Waals surface area (Å²) < 4.78 is 6.40. The topological polar surface area (TPSA) is 87.7 Å². The van der Waals surface area contributed by atoms with E-state index in [9.17, 15) is 14.4 Å². The summed E-state index contributed by atoms with van der Waals surface area (Å²) in [6, 6.07) is 6.92. The minimum Gasteiger partial charge on any atom is -0.359 e. The Morgan fingerprint density at radius 1 is 1.20 bits per heavy atom. The summed E-state index contributed by atoms with van der Waals surface area (Å²) in [4.78, 5) is 42.7. The maximum Gasteiger partial charge on any atom is 0.246 e. The number of carbonyl (C=O) groups excluding carboxylic acids is 3. The summed E-state index contributed by atoms with van der Waals surface area (Å²) >= 11 is 0. The maximum absolute atomic E-state index is 13.8. The number of amides is 3. The summed E-state index contributed by atoms with van der Waals surface area (Å²) in [6.45, 7) is 8.86. The molecular formula is C28H37N3O4. The molecule has 188 valence electrons. The summed E-state index contributed by atoms with van der Waals surface area (Å²) in [5.41, 5.74) is 0.637. The molecule has 1 aromatic rings. The number of rotatable bonds is 6. The van der Waals surface area contributed by atoms with Gasteiger partial charge >= 0.3 is 0 Å². The average Bonchev–Trinajstić information content (AvgIpc) is 3.45. The molecule has 0 radical (unpaired) electrons. The van der Waals surface area contributed by atoms with Crippen molar-refractivity contribution in [1.29, 1.82) is 0 Å². The zero-order chi connectivity index (χ0) is 24.9. The first-order chi connectivity index (χ1) is 16.8. The Bertz CT molecular complexity index is 1050. The van der Waals surface area contributed by atoms with Gasteiger partial charge < -0.3 is 20.3 Å². The molecule has 4 aliphatic rings. The van der Waals surface area contributed by atoms with Crippen molar-refractivity contribution in [3.8, 4) is 0 Å². The smallest absolute Gasteiger partial charge is 0.246 e. The van der Waals surface area contributed by atoms with Crippen LogP contribution in [0.25, 0.3) is 0 Å². The van der Waals surface area contributed by atoms with Crippen LogP contribution in [0.3, 0.4) is 0 Å². The Morgan fingerprint density at radius 2 is 2.00 bits per heavy atom. The fourth-order valence-corrected chi connectivity index (χ4v) is 6.74. The number of likely N-dealkylation sites (tertiary alicyclic amines) is 1. The molecule has 2 N–H and O–H groups in total. The lowest BCUT2D eigenvalue weighted by Gasteiger charge is -2.38. The van der Waals surface area contributed by atoms with E-state index < -0.39 is 29.6 Å². The third kappa shape index (κ3) is 3.88. The largest absolute Gasteiger partial charge is 0.359 e. The predicted octanol–water partition coefficient (Wildman–Crippen LogP) is 3.44. The number of nitrogens with one attached hydrogen (secondary N) is 2. The van der Waals surface area contributed by atoms with Gasteiger partial charge in [-0.05, 0) is 49.3 Å². The molecule has 3 aliphatic heterocycles. The molecule has 1 aliphatic carbocycles. The van der Waals surface area contributed by atoms with Gasteiger partial charge in [0, 0.05) is 18.3 Å². The van der Waals surface area contributed by atoms with Crippen LogP contribution in [-0.4, -0.2) is 53.0 Å². The molecule has 5 rings (SSSR count). The van der Waals surface area contributed by atoms with Crippen LogP contribution < -0.4 is 10.6 Å². The highest BCUT2D eigenvalue weighted by molar-refractivity contribution is 6.02. The Hall–Kier alpha value is -2.67. The lowest BCUT2D eigenvalue weighted by Crippen LogP contribution is -2.57. The molecular weight excluding hydrogens is 442 g/mol. The second kappa shape index (κ2) is 9.08. The van der Waals surface area contributed by atoms with Crippen LogP contribution in [0.15, 0.2) is 36.4 Å². The van der Waals surface area contributed by atoms with Crippen molar-refractivity contribution in [3.63, 3.8) is 0 Å². The summed E-state index contributed by atoms with van der Waals surface area (Å²) in [6.07, 6.45) is 7.17. The molecule has 6 unspecified atom stereocenters. The highest BCUT2D eigenvalue weighted by Crippen LogP contribution is 2.55. The molecule has 3 fully saturated rings. The van der Waals surface area contributed by atoms with Crippen LogP contribution in [0.1, 0.15) is 52.0 Å². The number of nitrogens with zero attached hydrogens (tertiary/aromatic N) is 1. The van der Waals surface area contributed by atoms with E-state index in [2.05, 4.69) is 24.5 Å². The summed E-state index contributed by atoms with van der Waals surface area (Å²) in [5.74, 6) is -1.01. The monoisotopic (exact) mass is 479 g/mol. The van der Waals surface area contributed by atoms with Gasteiger partial charge in [0.15, 0.2) is 0 Å². The van der Waals surface area contributed by atoms with E-state index in [1.807, 2.05) is 50.3 Å². The van der Waals surface area contributed by atoms with Crippen LogP contribution in [-0.2, 0) is 19.1 Å². The fraction of sp³-hybridized carbons (Fsp3) is 0.607. The van der Waals surface area contributed by atoms with Gasteiger partial charge in [0.2, 0.25) is 17.7 Å². The van der Waals surface area contributed by atoms with Gasteiger partial charge in [0.25, 0.3) is 0 Å². The van der Waals surface area contributed by atoms with Gasteiger partial charge in [0.05, 0.1) is 17.9 Å². The second-order valence-electron chi connectivity index (χ2n) is 11.0. The zero-order valence-corrected chi connectivity index (χ0v) is 21.1. The molecule has 1 aromatic carbocycles. The fourth-order valence-electron chi connectivity index (χ4n) is 6.74. The standard InChI is InChI=1S/C28H37N3O4/c1-5-14-31-24(26(33)30-20-11-7-9-17(3)18(20)4)28-13-12-21(35-28)22(23(28)27(31)34)25(32)29-19-10-6-8-16(2)15-19/h6,8,10,12-13,15,17-18,20-24H,5,7,9,11,14H2,1-4H3,(H,29,32)(H,30,33)/t17?,18?,20?,21-,22?,23-,24?,28?/m0/s1. The number of benzene rings is 1. The number of aryl methyl sites for hydroxylation is 1. The summed E-state index contributed by atoms with van der Waals surface area (Å²) in [5, 5.41) is 6.27. The van der Waals surface area contributed by atoms with Crippen molar-refractivity contribution >= 4 is 23.4 Å². The highest BCUT2D eigenvalue weighted by Gasteiger charge is 2.72. The van der Waals surface area contributed by atoms with Crippen molar-refractivity contribution in [2.45, 2.75) is 77.2 Å². The van der Waals surface area contributed by atoms with Gasteiger partial charge in [-0.3, -0.25) is 14.4 Å². The first-order valence-electron chi connectivity index (χ1n) is 13.1. The van der Waals surface area contributed by atoms with Crippen LogP contribution in [0.4, 0.5) is 5.69 Å². The van der Waals surface area contributed by atoms with E-state index in [4.69, 9.17) is 4.74 Å². The molecule has 7 heteroatoms. The van der Waals surface area contributed by atoms with Crippen molar-refractivity contribution in [3.05, 3.63) is 42.0 Å². The second-order valence-corrected chi connectivity index (χ2v) is 11.0. The van der Waals surface area contributed by atoms with E-state index in [0.29, 0.717) is 24.1 Å². The minimum atomic E-state index is -1.10. The van der Waals surface area contributed by atoms with Gasteiger partial charge in [-0.15, -0.1) is 0 Å². The molecule has 7 nitrogen and oxygen atoms in total. The van der Waals surface area contributed by atoms with E-state index in [-0.39, 0.29) is 23.8 Å². The predicted molar refractivity (Wildman–Crippen MR) is 133 cm³/mol. The van der Waals surface area contributed by atoms with E-state index in [1.54, 1.807) is 4.90 Å². The quantitative estimate of drug-likeness (QED) is 0.612. The average molecular weight is 480 g/mol. The minimum absolute atomic E-state index is 0.0864. The highest BCUT2D eigenvalue weighted by atomic mass is 16.5. The molecule has 0 aromatic heterocycles. The van der Waals surface area contributed by atoms with Gasteiger partial charge in [-0.2, -0.15) is 0 Å². The van der Waals surface area contributed by atoms with Crippen LogP contribution >= 0.6 is 0 Å². The molecule has 3 heterocycles. The first-order valence-corrected chi connectivity index (χ1v) is 13.1. The van der Waals surface area contributed by atoms with Crippen molar-refractivity contribution < 1.29 is 19.1 Å². The van der Waals surface area contributed by atoms with Crippen LogP contribution in [0.2, 0.25) is 0 Å². The number of ether oxygens (including phenoxy) is 1. The van der Waals surface area contributed by atoms with Crippen molar-refractivity contribution in [2.75, 3.05) is 11.9 Å². The van der Waals surface area contributed by atoms with Gasteiger partial charge in [-0.25, -0.2) is 0 Å². The first kappa shape index (κ1) is 24.0. The Morgan fingerprint density at radius 3 is 2.74 bits per heavy atom. The van der Waals surface area contributed by atoms with E-state index >= 15 is 0 Å². The Kier molecular flexibility index (Phi) is 6.24. The third-order valence-corrected chi connectivity index (χ3v) is 8.71. The molecule has 3 amide bonds. The molecule has 1 saturated carbocycles. The maximum atomic E-state index is 13.8. The van der Waals surface area contributed by atoms with Crippen molar-refractivity contribution in [2.24, 2.45) is 23.7 Å². The van der Waals surface area contributed by atoms with Crippen LogP contribution in [0.5, 0.6) is 0 Å². The molecule has 1 spiro atoms. The normalized spacial score (nSPS) is 37.4. The van der Waals surface area contributed by atoms with Crippen molar-refractivity contribution in [1.82, 2.24) is 10.2 Å². The zero-order valence-electron chi connectivity index (χ0n) is 21.1. The number of fused-ring (bicyclic) bond motifs is 1. The Labute approximate surface area is 207 Å². The molecule has 2 bridgehead atoms. The number of anilines is 1. The number of carbonyl (C=O) groups is 3. The SMILES string of the molecule is CCCN1C(=O)[C@@H]2C(C(=O)Nc3cccc(C)c3)[C@@H]3C=CC2(O3)C1C(=O)NC1CCCC(C)C1C. The van der Waals surface area contributed by atoms with E-state index in [0.717, 1.165) is 24.8 Å². The number of hydrogen-bond acceptors (Lipinski definition) is 4. The van der Waals surface area contributed by atoms with Gasteiger partial charge in [-0.1, -0.05) is 57.9 Å².